The highest BCUT2D eigenvalue weighted by molar-refractivity contribution is 7.80. The van der Waals surface area contributed by atoms with Gasteiger partial charge in [0.15, 0.2) is 5.11 Å². The van der Waals surface area contributed by atoms with Crippen molar-refractivity contribution >= 4 is 57.6 Å². The van der Waals surface area contributed by atoms with Crippen LogP contribution in [0.5, 0.6) is 0 Å². The van der Waals surface area contributed by atoms with Crippen LogP contribution in [-0.2, 0) is 4.79 Å². The van der Waals surface area contributed by atoms with Crippen molar-refractivity contribution in [2.24, 2.45) is 0 Å². The zero-order valence-corrected chi connectivity index (χ0v) is 17.5. The van der Waals surface area contributed by atoms with Crippen molar-refractivity contribution in [1.82, 2.24) is 5.32 Å². The third-order valence-corrected chi connectivity index (χ3v) is 4.85. The molecule has 31 heavy (non-hydrogen) atoms. The lowest BCUT2D eigenvalue weighted by Crippen LogP contribution is -2.32. The second kappa shape index (κ2) is 8.99. The van der Waals surface area contributed by atoms with E-state index in [1.54, 1.807) is 48.5 Å². The Bertz CT molecular complexity index is 1360. The maximum absolute atomic E-state index is 12.4. The van der Waals surface area contributed by atoms with Crippen LogP contribution in [0.25, 0.3) is 28.2 Å². The topological polar surface area (TPSA) is 84.5 Å². The highest BCUT2D eigenvalue weighted by Crippen LogP contribution is 2.30. The van der Waals surface area contributed by atoms with Gasteiger partial charge in [-0.25, -0.2) is 4.79 Å². The lowest BCUT2D eigenvalue weighted by Gasteiger charge is -2.10. The van der Waals surface area contributed by atoms with Crippen LogP contribution in [0, 0.1) is 0 Å². The smallest absolute Gasteiger partial charge is 0.344 e. The van der Waals surface area contributed by atoms with Crippen LogP contribution in [0.15, 0.2) is 86.6 Å². The number of benzene rings is 2. The zero-order valence-electron chi connectivity index (χ0n) is 15.9. The molecule has 0 unspecified atom stereocenters. The van der Waals surface area contributed by atoms with Crippen LogP contribution in [0.2, 0.25) is 5.02 Å². The van der Waals surface area contributed by atoms with E-state index in [9.17, 15) is 9.59 Å². The molecule has 0 fully saturated rings. The van der Waals surface area contributed by atoms with E-state index in [4.69, 9.17) is 32.7 Å². The second-order valence-corrected chi connectivity index (χ2v) is 7.29. The van der Waals surface area contributed by atoms with Crippen molar-refractivity contribution in [2.45, 2.75) is 0 Å². The molecule has 0 spiro atoms. The first-order valence-electron chi connectivity index (χ1n) is 9.16. The van der Waals surface area contributed by atoms with Gasteiger partial charge in [0.25, 0.3) is 0 Å². The van der Waals surface area contributed by atoms with Crippen LogP contribution >= 0.6 is 23.8 Å². The SMILES string of the molecule is O=C(/C=C/c1ccco1)NC(=S)Nc1ccc(-c2cc3ccccc3oc2=O)c(Cl)c1. The van der Waals surface area contributed by atoms with E-state index in [0.717, 1.165) is 5.39 Å². The number of hydrogen-bond donors (Lipinski definition) is 2. The van der Waals surface area contributed by atoms with Crippen molar-refractivity contribution in [3.63, 3.8) is 0 Å². The first-order chi connectivity index (χ1) is 15.0. The van der Waals surface area contributed by atoms with Gasteiger partial charge in [0.05, 0.1) is 16.8 Å². The molecule has 2 aromatic carbocycles. The van der Waals surface area contributed by atoms with Crippen LogP contribution < -0.4 is 16.3 Å². The third kappa shape index (κ3) is 4.91. The monoisotopic (exact) mass is 450 g/mol. The molecule has 1 amide bonds. The summed E-state index contributed by atoms with van der Waals surface area (Å²) in [6.45, 7) is 0. The summed E-state index contributed by atoms with van der Waals surface area (Å²) in [5.74, 6) is 0.139. The second-order valence-electron chi connectivity index (χ2n) is 6.47. The first-order valence-corrected chi connectivity index (χ1v) is 9.94. The molecule has 8 heteroatoms. The van der Waals surface area contributed by atoms with Crippen molar-refractivity contribution < 1.29 is 13.6 Å². The van der Waals surface area contributed by atoms with Gasteiger partial charge < -0.3 is 14.2 Å². The van der Waals surface area contributed by atoms with E-state index in [-0.39, 0.29) is 5.11 Å². The summed E-state index contributed by atoms with van der Waals surface area (Å²) < 4.78 is 10.5. The van der Waals surface area contributed by atoms with Gasteiger partial charge in [-0.3, -0.25) is 10.1 Å². The minimum absolute atomic E-state index is 0.100. The van der Waals surface area contributed by atoms with Crippen LogP contribution in [0.1, 0.15) is 5.76 Å². The molecule has 0 radical (unpaired) electrons. The van der Waals surface area contributed by atoms with Gasteiger partial charge in [-0.05, 0) is 54.7 Å². The van der Waals surface area contributed by atoms with Gasteiger partial charge in [0.1, 0.15) is 11.3 Å². The average molecular weight is 451 g/mol. The molecule has 6 nitrogen and oxygen atoms in total. The van der Waals surface area contributed by atoms with Crippen LogP contribution in [0.3, 0.4) is 0 Å². The number of amides is 1. The number of hydrogen-bond acceptors (Lipinski definition) is 5. The number of thiocarbonyl (C=S) groups is 1. The highest BCUT2D eigenvalue weighted by Gasteiger charge is 2.12. The Morgan fingerprint density at radius 2 is 1.87 bits per heavy atom. The maximum Gasteiger partial charge on any atom is 0.344 e. The van der Waals surface area contributed by atoms with E-state index < -0.39 is 11.5 Å². The third-order valence-electron chi connectivity index (χ3n) is 4.34. The zero-order chi connectivity index (χ0) is 21.8. The summed E-state index contributed by atoms with van der Waals surface area (Å²) in [4.78, 5) is 24.3. The molecule has 2 aromatic heterocycles. The van der Waals surface area contributed by atoms with Gasteiger partial charge in [0, 0.05) is 22.7 Å². The van der Waals surface area contributed by atoms with Gasteiger partial charge in [-0.1, -0.05) is 35.9 Å². The molecule has 0 saturated heterocycles. The molecule has 154 valence electrons. The molecule has 0 bridgehead atoms. The van der Waals surface area contributed by atoms with E-state index >= 15 is 0 Å². The van der Waals surface area contributed by atoms with Crippen molar-refractivity contribution in [1.29, 1.82) is 0 Å². The normalized spacial score (nSPS) is 11.0. The lowest BCUT2D eigenvalue weighted by atomic mass is 10.1. The Morgan fingerprint density at radius 3 is 2.65 bits per heavy atom. The fourth-order valence-electron chi connectivity index (χ4n) is 2.92. The van der Waals surface area contributed by atoms with Crippen LogP contribution in [-0.4, -0.2) is 11.0 Å². The lowest BCUT2D eigenvalue weighted by molar-refractivity contribution is -0.115. The van der Waals surface area contributed by atoms with Crippen molar-refractivity contribution in [2.75, 3.05) is 5.32 Å². The largest absolute Gasteiger partial charge is 0.465 e. The molecule has 0 aliphatic carbocycles. The highest BCUT2D eigenvalue weighted by atomic mass is 35.5. The number of furan rings is 1. The summed E-state index contributed by atoms with van der Waals surface area (Å²) in [6.07, 6.45) is 4.35. The van der Waals surface area contributed by atoms with E-state index in [0.29, 0.717) is 33.2 Å². The summed E-state index contributed by atoms with van der Waals surface area (Å²) in [5.41, 5.74) is 1.47. The molecular weight excluding hydrogens is 436 g/mol. The number of fused-ring (bicyclic) bond motifs is 1. The molecule has 0 aliphatic heterocycles. The average Bonchev–Trinajstić information content (AvgIpc) is 3.26. The fourth-order valence-corrected chi connectivity index (χ4v) is 3.42. The molecular formula is C23H15ClN2O4S. The van der Waals surface area contributed by atoms with Gasteiger partial charge >= 0.3 is 5.63 Å². The number of para-hydroxylation sites is 1. The number of rotatable bonds is 4. The quantitative estimate of drug-likeness (QED) is 0.251. The number of anilines is 1. The van der Waals surface area contributed by atoms with E-state index in [1.165, 1.54) is 18.4 Å². The minimum Gasteiger partial charge on any atom is -0.465 e. The predicted octanol–water partition coefficient (Wildman–Crippen LogP) is 5.23. The standard InChI is InChI=1S/C23H15ClN2O4S/c24-19-13-15(25-23(31)26-21(27)10-8-16-5-3-11-29-16)7-9-17(19)18-12-14-4-1-2-6-20(14)30-22(18)28/h1-13H,(H2,25,26,27,31)/b10-8+. The van der Waals surface area contributed by atoms with Crippen molar-refractivity contribution in [3.05, 3.63) is 94.2 Å². The Labute approximate surface area is 187 Å². The number of carbonyl (C=O) groups is 1. The Hall–Kier alpha value is -3.68. The minimum atomic E-state index is -0.479. The molecule has 0 saturated carbocycles. The Kier molecular flexibility index (Phi) is 5.97. The van der Waals surface area contributed by atoms with Gasteiger partial charge in [-0.2, -0.15) is 0 Å². The number of halogens is 1. The first kappa shape index (κ1) is 20.6. The van der Waals surface area contributed by atoms with Crippen molar-refractivity contribution in [3.8, 4) is 11.1 Å². The summed E-state index contributed by atoms with van der Waals surface area (Å²) in [5, 5.41) is 6.64. The summed E-state index contributed by atoms with van der Waals surface area (Å²) in [6, 6.07) is 17.4. The number of nitrogens with one attached hydrogen (secondary N) is 2. The molecule has 4 rings (SSSR count). The molecule has 2 N–H and O–H groups in total. The van der Waals surface area contributed by atoms with Crippen LogP contribution in [0.4, 0.5) is 5.69 Å². The summed E-state index contributed by atoms with van der Waals surface area (Å²) >= 11 is 11.6. The fraction of sp³-hybridized carbons (Fsp3) is 0. The predicted molar refractivity (Wildman–Crippen MR) is 125 cm³/mol. The van der Waals surface area contributed by atoms with Gasteiger partial charge in [0.2, 0.25) is 5.91 Å². The molecule has 0 aliphatic rings. The molecule has 2 heterocycles. The maximum atomic E-state index is 12.4. The van der Waals surface area contributed by atoms with E-state index in [1.807, 2.05) is 12.1 Å². The van der Waals surface area contributed by atoms with E-state index in [2.05, 4.69) is 10.6 Å². The molecule has 0 atom stereocenters. The van der Waals surface area contributed by atoms with Gasteiger partial charge in [-0.15, -0.1) is 0 Å². The number of carbonyl (C=O) groups excluding carboxylic acids is 1. The molecule has 4 aromatic rings. The Balaban J connectivity index is 1.47. The Morgan fingerprint density at radius 1 is 1.03 bits per heavy atom. The summed E-state index contributed by atoms with van der Waals surface area (Å²) in [7, 11) is 0.